The molecule has 2 fully saturated rings. The van der Waals surface area contributed by atoms with Crippen LogP contribution in [-0.2, 0) is 0 Å². The summed E-state index contributed by atoms with van der Waals surface area (Å²) in [7, 11) is 2.09. The molecular formula is C17H24FN3O2. The first-order valence-corrected chi connectivity index (χ1v) is 8.14. The van der Waals surface area contributed by atoms with Crippen LogP contribution >= 0.6 is 0 Å². The van der Waals surface area contributed by atoms with E-state index in [1.807, 2.05) is 0 Å². The topological polar surface area (TPSA) is 47.0 Å². The Labute approximate surface area is 136 Å². The van der Waals surface area contributed by atoms with Crippen molar-refractivity contribution >= 4 is 5.91 Å². The molecular weight excluding hydrogens is 297 g/mol. The summed E-state index contributed by atoms with van der Waals surface area (Å²) in [6.07, 6.45) is 0.541. The Hall–Kier alpha value is -1.50. The molecule has 0 unspecified atom stereocenters. The highest BCUT2D eigenvalue weighted by Crippen LogP contribution is 2.25. The lowest BCUT2D eigenvalue weighted by Crippen LogP contribution is -2.52. The third-order valence-corrected chi connectivity index (χ3v) is 4.84. The normalized spacial score (nSPS) is 26.7. The number of likely N-dealkylation sites (tertiary alicyclic amines) is 1. The zero-order valence-corrected chi connectivity index (χ0v) is 13.5. The first-order chi connectivity index (χ1) is 11.0. The molecule has 6 heteroatoms. The van der Waals surface area contributed by atoms with Crippen LogP contribution in [0.25, 0.3) is 0 Å². The van der Waals surface area contributed by atoms with Gasteiger partial charge in [-0.05, 0) is 25.6 Å². The van der Waals surface area contributed by atoms with Gasteiger partial charge in [0, 0.05) is 39.3 Å². The minimum Gasteiger partial charge on any atom is -0.387 e. The van der Waals surface area contributed by atoms with Gasteiger partial charge in [0.05, 0.1) is 17.7 Å². The van der Waals surface area contributed by atoms with Gasteiger partial charge >= 0.3 is 0 Å². The Kier molecular flexibility index (Phi) is 4.66. The largest absolute Gasteiger partial charge is 0.387 e. The second-order valence-corrected chi connectivity index (χ2v) is 6.76. The van der Waals surface area contributed by atoms with E-state index in [1.165, 1.54) is 12.1 Å². The maximum absolute atomic E-state index is 13.8. The van der Waals surface area contributed by atoms with E-state index in [0.29, 0.717) is 19.5 Å². The Morgan fingerprint density at radius 3 is 2.61 bits per heavy atom. The van der Waals surface area contributed by atoms with Gasteiger partial charge in [0.1, 0.15) is 5.82 Å². The molecule has 3 rings (SSSR count). The number of hydrogen-bond acceptors (Lipinski definition) is 4. The summed E-state index contributed by atoms with van der Waals surface area (Å²) in [6.45, 7) is 5.16. The van der Waals surface area contributed by atoms with Crippen molar-refractivity contribution in [1.29, 1.82) is 0 Å². The van der Waals surface area contributed by atoms with Gasteiger partial charge in [-0.1, -0.05) is 12.1 Å². The molecule has 2 aliphatic rings. The van der Waals surface area contributed by atoms with Gasteiger partial charge in [0.15, 0.2) is 0 Å². The van der Waals surface area contributed by atoms with Crippen LogP contribution in [0.4, 0.5) is 4.39 Å². The quantitative estimate of drug-likeness (QED) is 0.888. The summed E-state index contributed by atoms with van der Waals surface area (Å²) >= 11 is 0. The maximum Gasteiger partial charge on any atom is 0.256 e. The summed E-state index contributed by atoms with van der Waals surface area (Å²) in [5, 5.41) is 10.8. The van der Waals surface area contributed by atoms with Crippen molar-refractivity contribution in [3.8, 4) is 0 Å². The number of likely N-dealkylation sites (N-methyl/N-ethyl adjacent to an activating group) is 1. The van der Waals surface area contributed by atoms with Gasteiger partial charge in [-0.15, -0.1) is 0 Å². The predicted octanol–water partition coefficient (Wildman–Crippen LogP) is 0.650. The molecule has 0 spiro atoms. The molecule has 0 radical (unpaired) electrons. The highest BCUT2D eigenvalue weighted by atomic mass is 19.1. The number of carbonyl (C=O) groups is 1. The lowest BCUT2D eigenvalue weighted by atomic mass is 10.0. The van der Waals surface area contributed by atoms with E-state index < -0.39 is 11.4 Å². The Morgan fingerprint density at radius 2 is 1.91 bits per heavy atom. The smallest absolute Gasteiger partial charge is 0.256 e. The van der Waals surface area contributed by atoms with Gasteiger partial charge in [-0.25, -0.2) is 4.39 Å². The summed E-state index contributed by atoms with van der Waals surface area (Å²) < 4.78 is 13.8. The Balaban J connectivity index is 1.61. The second kappa shape index (κ2) is 6.55. The molecule has 126 valence electrons. The predicted molar refractivity (Wildman–Crippen MR) is 85.8 cm³/mol. The molecule has 1 amide bonds. The molecule has 0 aromatic heterocycles. The monoisotopic (exact) mass is 321 g/mol. The third-order valence-electron chi connectivity index (χ3n) is 4.84. The zero-order chi connectivity index (χ0) is 16.4. The average Bonchev–Trinajstić information content (AvgIpc) is 2.92. The first-order valence-electron chi connectivity index (χ1n) is 8.14. The molecule has 5 nitrogen and oxygen atoms in total. The number of piperazine rings is 1. The van der Waals surface area contributed by atoms with Crippen molar-refractivity contribution in [3.05, 3.63) is 35.6 Å². The van der Waals surface area contributed by atoms with Crippen molar-refractivity contribution < 1.29 is 14.3 Å². The number of halogens is 1. The molecule has 1 aromatic carbocycles. The minimum absolute atomic E-state index is 0.0800. The van der Waals surface area contributed by atoms with E-state index in [2.05, 4.69) is 16.8 Å². The number of amides is 1. The number of benzene rings is 1. The average molecular weight is 321 g/mol. The van der Waals surface area contributed by atoms with Crippen LogP contribution in [0.5, 0.6) is 0 Å². The van der Waals surface area contributed by atoms with Crippen LogP contribution in [0, 0.1) is 5.82 Å². The van der Waals surface area contributed by atoms with Crippen molar-refractivity contribution in [2.45, 2.75) is 12.0 Å². The number of aliphatic hydroxyl groups is 1. The summed E-state index contributed by atoms with van der Waals surface area (Å²) in [4.78, 5) is 18.5. The van der Waals surface area contributed by atoms with Gasteiger partial charge in [-0.3, -0.25) is 9.69 Å². The van der Waals surface area contributed by atoms with Gasteiger partial charge in [0.2, 0.25) is 0 Å². The van der Waals surface area contributed by atoms with Crippen molar-refractivity contribution in [2.75, 3.05) is 52.9 Å². The molecule has 1 N–H and O–H groups in total. The SMILES string of the molecule is CN1CCN(C[C@@]2(O)CCN(C(=O)c3ccccc3F)C2)CC1. The van der Waals surface area contributed by atoms with Crippen molar-refractivity contribution in [1.82, 2.24) is 14.7 Å². The van der Waals surface area contributed by atoms with Crippen molar-refractivity contribution in [3.63, 3.8) is 0 Å². The summed E-state index contributed by atoms with van der Waals surface area (Å²) in [6, 6.07) is 6.01. The highest BCUT2D eigenvalue weighted by Gasteiger charge is 2.40. The number of β-amino-alcohol motifs (C(OH)–C–C–N with tert-alkyl or cyclic N) is 1. The number of rotatable bonds is 3. The highest BCUT2D eigenvalue weighted by molar-refractivity contribution is 5.94. The van der Waals surface area contributed by atoms with Crippen LogP contribution in [0.15, 0.2) is 24.3 Å². The van der Waals surface area contributed by atoms with Gasteiger partial charge in [-0.2, -0.15) is 0 Å². The number of nitrogens with zero attached hydrogens (tertiary/aromatic N) is 3. The van der Waals surface area contributed by atoms with Gasteiger partial charge in [0.25, 0.3) is 5.91 Å². The molecule has 0 saturated carbocycles. The van der Waals surface area contributed by atoms with E-state index in [0.717, 1.165) is 26.2 Å². The van der Waals surface area contributed by atoms with E-state index in [4.69, 9.17) is 0 Å². The van der Waals surface area contributed by atoms with Crippen molar-refractivity contribution in [2.24, 2.45) is 0 Å². The maximum atomic E-state index is 13.8. The fourth-order valence-electron chi connectivity index (χ4n) is 3.39. The van der Waals surface area contributed by atoms with E-state index in [9.17, 15) is 14.3 Å². The standard InChI is InChI=1S/C17H24FN3O2/c1-19-8-10-20(11-9-19)12-17(23)6-7-21(13-17)16(22)14-4-2-3-5-15(14)18/h2-5,23H,6-13H2,1H3/t17-/m0/s1. The minimum atomic E-state index is -0.892. The molecule has 23 heavy (non-hydrogen) atoms. The van der Waals surface area contributed by atoms with Crippen LogP contribution in [0.2, 0.25) is 0 Å². The van der Waals surface area contributed by atoms with Crippen LogP contribution in [0.3, 0.4) is 0 Å². The molecule has 0 aliphatic carbocycles. The van der Waals surface area contributed by atoms with Crippen LogP contribution in [0.1, 0.15) is 16.8 Å². The van der Waals surface area contributed by atoms with Crippen LogP contribution in [-0.4, -0.2) is 84.2 Å². The first kappa shape index (κ1) is 16.4. The molecule has 1 atom stereocenters. The molecule has 2 aliphatic heterocycles. The zero-order valence-electron chi connectivity index (χ0n) is 13.5. The Bertz CT molecular complexity index is 575. The van der Waals surface area contributed by atoms with E-state index in [-0.39, 0.29) is 18.0 Å². The fraction of sp³-hybridized carbons (Fsp3) is 0.588. The van der Waals surface area contributed by atoms with E-state index in [1.54, 1.807) is 17.0 Å². The molecule has 1 aromatic rings. The number of hydrogen-bond donors (Lipinski definition) is 1. The van der Waals surface area contributed by atoms with Crippen LogP contribution < -0.4 is 0 Å². The Morgan fingerprint density at radius 1 is 1.22 bits per heavy atom. The summed E-state index contributed by atoms with van der Waals surface area (Å²) in [5.74, 6) is -0.843. The van der Waals surface area contributed by atoms with Gasteiger partial charge < -0.3 is 14.9 Å². The molecule has 0 bridgehead atoms. The number of carbonyl (C=O) groups excluding carboxylic acids is 1. The second-order valence-electron chi connectivity index (χ2n) is 6.76. The fourth-order valence-corrected chi connectivity index (χ4v) is 3.39. The summed E-state index contributed by atoms with van der Waals surface area (Å²) in [5.41, 5.74) is -0.812. The third kappa shape index (κ3) is 3.71. The molecule has 2 saturated heterocycles. The van der Waals surface area contributed by atoms with E-state index >= 15 is 0 Å². The lowest BCUT2D eigenvalue weighted by Gasteiger charge is -2.36. The lowest BCUT2D eigenvalue weighted by molar-refractivity contribution is 0.000484. The molecule has 2 heterocycles.